The van der Waals surface area contributed by atoms with E-state index in [4.69, 9.17) is 0 Å². The van der Waals surface area contributed by atoms with Gasteiger partial charge in [-0.15, -0.1) is 0 Å². The van der Waals surface area contributed by atoms with Gasteiger partial charge in [-0.25, -0.2) is 0 Å². The number of hydrogen-bond donors (Lipinski definition) is 2. The molecule has 0 spiro atoms. The second-order valence-corrected chi connectivity index (χ2v) is 4.33. The maximum Gasteiger partial charge on any atom is 0.0616 e. The molecule has 1 saturated carbocycles. The summed E-state index contributed by atoms with van der Waals surface area (Å²) in [4.78, 5) is 0. The molecule has 0 bridgehead atoms. The lowest BCUT2D eigenvalue weighted by atomic mass is 9.68. The molecule has 1 saturated heterocycles. The molecule has 70 valence electrons. The Bertz CT molecular complexity index is 148. The van der Waals surface area contributed by atoms with Crippen molar-refractivity contribution in [2.75, 3.05) is 13.2 Å². The van der Waals surface area contributed by atoms with Gasteiger partial charge in [0.05, 0.1) is 6.61 Å². The van der Waals surface area contributed by atoms with Gasteiger partial charge in [0.25, 0.3) is 0 Å². The van der Waals surface area contributed by atoms with E-state index in [0.717, 1.165) is 12.5 Å². The van der Waals surface area contributed by atoms with E-state index in [1.54, 1.807) is 0 Å². The maximum absolute atomic E-state index is 9.41. The molecule has 1 unspecified atom stereocenters. The van der Waals surface area contributed by atoms with Crippen molar-refractivity contribution in [1.82, 2.24) is 5.32 Å². The van der Waals surface area contributed by atoms with E-state index in [0.29, 0.717) is 6.61 Å². The fourth-order valence-corrected chi connectivity index (χ4v) is 2.56. The SMILES string of the molecule is OCC1(C2CCC2)CCCCN1. The van der Waals surface area contributed by atoms with Crippen molar-refractivity contribution in [3.05, 3.63) is 0 Å². The third kappa shape index (κ3) is 1.27. The minimum Gasteiger partial charge on any atom is -0.394 e. The van der Waals surface area contributed by atoms with E-state index < -0.39 is 0 Å². The Morgan fingerprint density at radius 3 is 2.50 bits per heavy atom. The number of piperidine rings is 1. The first kappa shape index (κ1) is 8.52. The van der Waals surface area contributed by atoms with Gasteiger partial charge < -0.3 is 10.4 Å². The van der Waals surface area contributed by atoms with Crippen LogP contribution in [0.3, 0.4) is 0 Å². The van der Waals surface area contributed by atoms with Gasteiger partial charge in [0.15, 0.2) is 0 Å². The second kappa shape index (κ2) is 3.35. The van der Waals surface area contributed by atoms with Gasteiger partial charge in [0.1, 0.15) is 0 Å². The van der Waals surface area contributed by atoms with Crippen LogP contribution >= 0.6 is 0 Å². The van der Waals surface area contributed by atoms with Crippen LogP contribution < -0.4 is 5.32 Å². The van der Waals surface area contributed by atoms with Crippen LogP contribution in [0.4, 0.5) is 0 Å². The molecule has 2 nitrogen and oxygen atoms in total. The highest BCUT2D eigenvalue weighted by Gasteiger charge is 2.41. The van der Waals surface area contributed by atoms with E-state index >= 15 is 0 Å². The maximum atomic E-state index is 9.41. The monoisotopic (exact) mass is 169 g/mol. The predicted molar refractivity (Wildman–Crippen MR) is 49.0 cm³/mol. The fourth-order valence-electron chi connectivity index (χ4n) is 2.56. The first-order valence-electron chi connectivity index (χ1n) is 5.23. The zero-order valence-electron chi connectivity index (χ0n) is 7.68. The molecule has 0 aromatic rings. The van der Waals surface area contributed by atoms with Crippen LogP contribution in [0.1, 0.15) is 38.5 Å². The summed E-state index contributed by atoms with van der Waals surface area (Å²) in [5.74, 6) is 0.766. The van der Waals surface area contributed by atoms with Crippen molar-refractivity contribution in [1.29, 1.82) is 0 Å². The largest absolute Gasteiger partial charge is 0.394 e. The van der Waals surface area contributed by atoms with Crippen LogP contribution in [0.5, 0.6) is 0 Å². The summed E-state index contributed by atoms with van der Waals surface area (Å²) in [6.45, 7) is 1.45. The highest BCUT2D eigenvalue weighted by molar-refractivity contribution is 4.99. The second-order valence-electron chi connectivity index (χ2n) is 4.33. The van der Waals surface area contributed by atoms with Crippen molar-refractivity contribution < 1.29 is 5.11 Å². The third-order valence-electron chi connectivity index (χ3n) is 3.70. The Morgan fingerprint density at radius 2 is 2.08 bits per heavy atom. The van der Waals surface area contributed by atoms with Gasteiger partial charge in [-0.05, 0) is 38.1 Å². The molecule has 1 aliphatic heterocycles. The summed E-state index contributed by atoms with van der Waals surface area (Å²) in [6, 6.07) is 0. The molecule has 0 amide bonds. The number of aliphatic hydroxyl groups is 1. The number of nitrogens with one attached hydrogen (secondary N) is 1. The predicted octanol–water partition coefficient (Wildman–Crippen LogP) is 1.29. The molecule has 1 aliphatic carbocycles. The standard InChI is InChI=1S/C10H19NO/c12-8-10(9-4-3-5-9)6-1-2-7-11-10/h9,11-12H,1-8H2. The van der Waals surface area contributed by atoms with Crippen LogP contribution in [0.2, 0.25) is 0 Å². The quantitative estimate of drug-likeness (QED) is 0.653. The van der Waals surface area contributed by atoms with Gasteiger partial charge in [-0.2, -0.15) is 0 Å². The molecular weight excluding hydrogens is 150 g/mol. The molecule has 0 radical (unpaired) electrons. The third-order valence-corrected chi connectivity index (χ3v) is 3.70. The van der Waals surface area contributed by atoms with Gasteiger partial charge in [0.2, 0.25) is 0 Å². The van der Waals surface area contributed by atoms with E-state index in [2.05, 4.69) is 5.32 Å². The van der Waals surface area contributed by atoms with Crippen molar-refractivity contribution in [3.63, 3.8) is 0 Å². The average molecular weight is 169 g/mol. The highest BCUT2D eigenvalue weighted by Crippen LogP contribution is 2.40. The first-order valence-corrected chi connectivity index (χ1v) is 5.23. The lowest BCUT2D eigenvalue weighted by Gasteiger charge is -2.47. The number of rotatable bonds is 2. The Hall–Kier alpha value is -0.0800. The lowest BCUT2D eigenvalue weighted by molar-refractivity contribution is 0.0387. The minimum atomic E-state index is 0.122. The van der Waals surface area contributed by atoms with Gasteiger partial charge in [-0.3, -0.25) is 0 Å². The van der Waals surface area contributed by atoms with E-state index in [1.165, 1.54) is 38.5 Å². The first-order chi connectivity index (χ1) is 5.87. The molecule has 1 atom stereocenters. The van der Waals surface area contributed by atoms with E-state index in [1.807, 2.05) is 0 Å². The highest BCUT2D eigenvalue weighted by atomic mass is 16.3. The topological polar surface area (TPSA) is 32.3 Å². The summed E-state index contributed by atoms with van der Waals surface area (Å²) < 4.78 is 0. The Balaban J connectivity index is 2.00. The Labute approximate surface area is 74.4 Å². The van der Waals surface area contributed by atoms with Crippen LogP contribution in [0.15, 0.2) is 0 Å². The Kier molecular flexibility index (Phi) is 2.37. The van der Waals surface area contributed by atoms with Crippen LogP contribution in [-0.4, -0.2) is 23.8 Å². The van der Waals surface area contributed by atoms with Gasteiger partial charge in [0, 0.05) is 5.54 Å². The molecule has 0 aromatic heterocycles. The van der Waals surface area contributed by atoms with Crippen molar-refractivity contribution in [2.45, 2.75) is 44.1 Å². The van der Waals surface area contributed by atoms with Crippen molar-refractivity contribution >= 4 is 0 Å². The van der Waals surface area contributed by atoms with Crippen molar-refractivity contribution in [3.8, 4) is 0 Å². The van der Waals surface area contributed by atoms with Crippen LogP contribution in [0.25, 0.3) is 0 Å². The average Bonchev–Trinajstić information content (AvgIpc) is 2.03. The molecular formula is C10H19NO. The fraction of sp³-hybridized carbons (Fsp3) is 1.00. The van der Waals surface area contributed by atoms with Crippen LogP contribution in [-0.2, 0) is 0 Å². The minimum absolute atomic E-state index is 0.122. The summed E-state index contributed by atoms with van der Waals surface area (Å²) in [6.07, 6.45) is 7.79. The molecule has 2 heteroatoms. The molecule has 2 fully saturated rings. The molecule has 12 heavy (non-hydrogen) atoms. The molecule has 2 N–H and O–H groups in total. The van der Waals surface area contributed by atoms with Gasteiger partial charge in [-0.1, -0.05) is 12.8 Å². The molecule has 0 aromatic carbocycles. The van der Waals surface area contributed by atoms with Gasteiger partial charge >= 0.3 is 0 Å². The van der Waals surface area contributed by atoms with E-state index in [9.17, 15) is 5.11 Å². The Morgan fingerprint density at radius 1 is 1.25 bits per heavy atom. The summed E-state index contributed by atoms with van der Waals surface area (Å²) >= 11 is 0. The zero-order valence-corrected chi connectivity index (χ0v) is 7.68. The number of aliphatic hydroxyl groups excluding tert-OH is 1. The lowest BCUT2D eigenvalue weighted by Crippen LogP contribution is -2.58. The summed E-state index contributed by atoms with van der Waals surface area (Å²) in [5.41, 5.74) is 0.122. The zero-order chi connectivity index (χ0) is 8.44. The van der Waals surface area contributed by atoms with Crippen LogP contribution in [0, 0.1) is 5.92 Å². The molecule has 2 rings (SSSR count). The summed E-state index contributed by atoms with van der Waals surface area (Å²) in [5, 5.41) is 12.9. The summed E-state index contributed by atoms with van der Waals surface area (Å²) in [7, 11) is 0. The van der Waals surface area contributed by atoms with E-state index in [-0.39, 0.29) is 5.54 Å². The van der Waals surface area contributed by atoms with Crippen molar-refractivity contribution in [2.24, 2.45) is 5.92 Å². The smallest absolute Gasteiger partial charge is 0.0616 e. The molecule has 2 aliphatic rings. The number of hydrogen-bond acceptors (Lipinski definition) is 2. The normalized spacial score (nSPS) is 37.8. The molecule has 1 heterocycles.